The highest BCUT2D eigenvalue weighted by Gasteiger charge is 2.28. The molecule has 2 rings (SSSR count). The van der Waals surface area contributed by atoms with E-state index in [2.05, 4.69) is 4.72 Å². The minimum absolute atomic E-state index is 0.468. The molecule has 0 heterocycles. The van der Waals surface area contributed by atoms with Gasteiger partial charge in [0.15, 0.2) is 0 Å². The van der Waals surface area contributed by atoms with Crippen molar-refractivity contribution in [2.24, 2.45) is 0 Å². The largest absolute Gasteiger partial charge is 0.243 e. The summed E-state index contributed by atoms with van der Waals surface area (Å²) in [6, 6.07) is 0.594. The number of nitrogens with one attached hydrogen (secondary N) is 1. The average molecular weight is 173 g/mol. The Morgan fingerprint density at radius 2 is 1.73 bits per heavy atom. The molecule has 11 heavy (non-hydrogen) atoms. The first-order valence-electron chi connectivity index (χ1n) is 4.53. The molecule has 0 aliphatic heterocycles. The van der Waals surface area contributed by atoms with Crippen LogP contribution in [0.5, 0.6) is 0 Å². The highest BCUT2D eigenvalue weighted by Crippen LogP contribution is 2.25. The lowest BCUT2D eigenvalue weighted by Gasteiger charge is -2.08. The van der Waals surface area contributed by atoms with E-state index in [0.717, 1.165) is 0 Å². The summed E-state index contributed by atoms with van der Waals surface area (Å²) in [6.45, 7) is 0. The van der Waals surface area contributed by atoms with Gasteiger partial charge in [-0.2, -0.15) is 0 Å². The van der Waals surface area contributed by atoms with Gasteiger partial charge in [0.1, 0.15) is 0 Å². The monoisotopic (exact) mass is 173 g/mol. The van der Waals surface area contributed by atoms with Crippen LogP contribution in [-0.4, -0.2) is 15.5 Å². The molecule has 0 amide bonds. The van der Waals surface area contributed by atoms with Gasteiger partial charge in [0, 0.05) is 11.3 Å². The smallest absolute Gasteiger partial charge is 0.0949 e. The van der Waals surface area contributed by atoms with E-state index in [9.17, 15) is 4.21 Å². The summed E-state index contributed by atoms with van der Waals surface area (Å²) in [6.07, 6.45) is 7.38. The quantitative estimate of drug-likeness (QED) is 0.685. The topological polar surface area (TPSA) is 29.1 Å². The van der Waals surface area contributed by atoms with Gasteiger partial charge in [-0.25, -0.2) is 8.93 Å². The van der Waals surface area contributed by atoms with Crippen molar-refractivity contribution in [2.75, 3.05) is 0 Å². The standard InChI is InChI=1S/C8H15NOS/c10-11(9-7-5-6-7)8-3-1-2-4-8/h7-9H,1-6H2. The van der Waals surface area contributed by atoms with Crippen LogP contribution in [0.15, 0.2) is 0 Å². The third kappa shape index (κ3) is 2.03. The van der Waals surface area contributed by atoms with Crippen LogP contribution in [0.25, 0.3) is 0 Å². The van der Waals surface area contributed by atoms with Crippen LogP contribution in [0.3, 0.4) is 0 Å². The SMILES string of the molecule is O=S(NC1CC1)C1CCCC1. The fourth-order valence-electron chi connectivity index (χ4n) is 1.56. The molecule has 3 heteroatoms. The second-order valence-corrected chi connectivity index (χ2v) is 5.09. The first-order chi connectivity index (χ1) is 5.36. The zero-order valence-corrected chi connectivity index (χ0v) is 7.53. The van der Waals surface area contributed by atoms with E-state index in [0.29, 0.717) is 11.3 Å². The summed E-state index contributed by atoms with van der Waals surface area (Å²) in [4.78, 5) is 0. The fraction of sp³-hybridized carbons (Fsp3) is 1.00. The van der Waals surface area contributed by atoms with E-state index in [1.807, 2.05) is 0 Å². The summed E-state index contributed by atoms with van der Waals surface area (Å²) in [5, 5.41) is 0.468. The summed E-state index contributed by atoms with van der Waals surface area (Å²) < 4.78 is 14.7. The molecule has 2 aliphatic rings. The van der Waals surface area contributed by atoms with Gasteiger partial charge >= 0.3 is 0 Å². The van der Waals surface area contributed by atoms with Crippen LogP contribution >= 0.6 is 0 Å². The molecule has 2 nitrogen and oxygen atoms in total. The van der Waals surface area contributed by atoms with Crippen molar-refractivity contribution >= 4 is 11.0 Å². The third-order valence-corrected chi connectivity index (χ3v) is 4.11. The first-order valence-corrected chi connectivity index (χ1v) is 5.74. The van der Waals surface area contributed by atoms with Gasteiger partial charge < -0.3 is 0 Å². The Balaban J connectivity index is 1.77. The second kappa shape index (κ2) is 3.23. The van der Waals surface area contributed by atoms with Gasteiger partial charge in [-0.15, -0.1) is 0 Å². The van der Waals surface area contributed by atoms with Gasteiger partial charge in [0.25, 0.3) is 0 Å². The Morgan fingerprint density at radius 1 is 1.09 bits per heavy atom. The molecule has 0 aromatic heterocycles. The molecule has 0 saturated heterocycles. The molecule has 2 aliphatic carbocycles. The highest BCUT2D eigenvalue weighted by atomic mass is 32.2. The Morgan fingerprint density at radius 3 is 2.27 bits per heavy atom. The van der Waals surface area contributed by atoms with Crippen LogP contribution in [0.4, 0.5) is 0 Å². The molecule has 0 bridgehead atoms. The van der Waals surface area contributed by atoms with Crippen LogP contribution in [0.2, 0.25) is 0 Å². The van der Waals surface area contributed by atoms with E-state index in [4.69, 9.17) is 0 Å². The van der Waals surface area contributed by atoms with Crippen molar-refractivity contribution in [2.45, 2.75) is 49.8 Å². The van der Waals surface area contributed by atoms with Crippen molar-refractivity contribution in [1.29, 1.82) is 0 Å². The molecular formula is C8H15NOS. The molecule has 2 saturated carbocycles. The van der Waals surface area contributed by atoms with Crippen molar-refractivity contribution in [3.05, 3.63) is 0 Å². The van der Waals surface area contributed by atoms with Crippen molar-refractivity contribution in [1.82, 2.24) is 4.72 Å². The zero-order valence-electron chi connectivity index (χ0n) is 6.71. The summed E-state index contributed by atoms with van der Waals surface area (Å²) in [7, 11) is -0.713. The minimum Gasteiger partial charge on any atom is -0.243 e. The summed E-state index contributed by atoms with van der Waals surface area (Å²) in [5.74, 6) is 0. The predicted molar refractivity (Wildman–Crippen MR) is 46.6 cm³/mol. The van der Waals surface area contributed by atoms with Gasteiger partial charge in [-0.05, 0) is 25.7 Å². The Hall–Kier alpha value is 0.110. The summed E-state index contributed by atoms with van der Waals surface area (Å²) in [5.41, 5.74) is 0. The molecule has 0 aromatic rings. The lowest BCUT2D eigenvalue weighted by molar-refractivity contribution is 0.656. The predicted octanol–water partition coefficient (Wildman–Crippen LogP) is 1.34. The van der Waals surface area contributed by atoms with Crippen molar-refractivity contribution < 1.29 is 4.21 Å². The van der Waals surface area contributed by atoms with Crippen LogP contribution < -0.4 is 4.72 Å². The highest BCUT2D eigenvalue weighted by molar-refractivity contribution is 7.83. The van der Waals surface area contributed by atoms with E-state index < -0.39 is 11.0 Å². The maximum atomic E-state index is 11.5. The van der Waals surface area contributed by atoms with Gasteiger partial charge in [-0.3, -0.25) is 0 Å². The van der Waals surface area contributed by atoms with Crippen LogP contribution in [0, 0.1) is 0 Å². The molecule has 2 fully saturated rings. The minimum atomic E-state index is -0.713. The molecule has 0 spiro atoms. The number of hydrogen-bond donors (Lipinski definition) is 1. The first kappa shape index (κ1) is 7.74. The lowest BCUT2D eigenvalue weighted by Crippen LogP contribution is -2.27. The van der Waals surface area contributed by atoms with Crippen LogP contribution in [-0.2, 0) is 11.0 Å². The molecule has 0 radical (unpaired) electrons. The number of hydrogen-bond acceptors (Lipinski definition) is 1. The molecular weight excluding hydrogens is 158 g/mol. The molecule has 1 atom stereocenters. The molecule has 0 aromatic carbocycles. The number of rotatable bonds is 3. The van der Waals surface area contributed by atoms with Crippen LogP contribution in [0.1, 0.15) is 38.5 Å². The Kier molecular flexibility index (Phi) is 2.28. The molecule has 1 unspecified atom stereocenters. The zero-order chi connectivity index (χ0) is 7.68. The Labute approximate surface area is 70.3 Å². The van der Waals surface area contributed by atoms with Crippen molar-refractivity contribution in [3.63, 3.8) is 0 Å². The fourth-order valence-corrected chi connectivity index (χ4v) is 3.08. The maximum Gasteiger partial charge on any atom is 0.0949 e. The van der Waals surface area contributed by atoms with Gasteiger partial charge in [0.2, 0.25) is 0 Å². The van der Waals surface area contributed by atoms with E-state index in [1.165, 1.54) is 38.5 Å². The lowest BCUT2D eigenvalue weighted by atomic mass is 10.4. The molecule has 1 N–H and O–H groups in total. The van der Waals surface area contributed by atoms with Crippen molar-refractivity contribution in [3.8, 4) is 0 Å². The second-order valence-electron chi connectivity index (χ2n) is 3.60. The molecule has 64 valence electrons. The third-order valence-electron chi connectivity index (χ3n) is 2.47. The van der Waals surface area contributed by atoms with Gasteiger partial charge in [-0.1, -0.05) is 12.8 Å². The van der Waals surface area contributed by atoms with Gasteiger partial charge in [0.05, 0.1) is 11.0 Å². The normalized spacial score (nSPS) is 29.1. The van der Waals surface area contributed by atoms with E-state index >= 15 is 0 Å². The van der Waals surface area contributed by atoms with E-state index in [1.54, 1.807) is 0 Å². The summed E-state index contributed by atoms with van der Waals surface area (Å²) >= 11 is 0. The average Bonchev–Trinajstić information content (AvgIpc) is 2.67. The maximum absolute atomic E-state index is 11.5. The Bertz CT molecular complexity index is 161. The van der Waals surface area contributed by atoms with E-state index in [-0.39, 0.29) is 0 Å².